The van der Waals surface area contributed by atoms with Gasteiger partial charge in [-0.25, -0.2) is 9.37 Å². The number of rotatable bonds is 3. The Labute approximate surface area is 138 Å². The average molecular weight is 342 g/mol. The van der Waals surface area contributed by atoms with E-state index in [1.54, 1.807) is 12.1 Å². The molecule has 0 radical (unpaired) electrons. The van der Waals surface area contributed by atoms with Gasteiger partial charge in [0.1, 0.15) is 5.82 Å². The number of nitrogens with two attached hydrogens (primary N) is 1. The summed E-state index contributed by atoms with van der Waals surface area (Å²) in [6, 6.07) is 6.38. The topological polar surface area (TPSA) is 68.0 Å². The van der Waals surface area contributed by atoms with Gasteiger partial charge in [-0.05, 0) is 31.4 Å². The van der Waals surface area contributed by atoms with Crippen LogP contribution in [0.15, 0.2) is 29.6 Å². The maximum absolute atomic E-state index is 13.2. The largest absolute Gasteiger partial charge is 0.328 e. The maximum atomic E-state index is 13.2. The Balaban J connectivity index is 0.00000176. The first-order valence-electron chi connectivity index (χ1n) is 6.90. The lowest BCUT2D eigenvalue weighted by molar-refractivity contribution is -0.119. The molecule has 22 heavy (non-hydrogen) atoms. The highest BCUT2D eigenvalue weighted by molar-refractivity contribution is 7.14. The van der Waals surface area contributed by atoms with Gasteiger partial charge in [-0.2, -0.15) is 0 Å². The van der Waals surface area contributed by atoms with Gasteiger partial charge in [-0.15, -0.1) is 23.7 Å². The van der Waals surface area contributed by atoms with Crippen molar-refractivity contribution in [3.63, 3.8) is 0 Å². The van der Waals surface area contributed by atoms with E-state index in [4.69, 9.17) is 5.73 Å². The second kappa shape index (κ2) is 7.17. The van der Waals surface area contributed by atoms with Crippen LogP contribution in [0.5, 0.6) is 0 Å². The van der Waals surface area contributed by atoms with E-state index >= 15 is 0 Å². The van der Waals surface area contributed by atoms with Crippen LogP contribution in [-0.4, -0.2) is 16.9 Å². The lowest BCUT2D eigenvalue weighted by Crippen LogP contribution is -2.23. The molecule has 1 saturated carbocycles. The summed E-state index contributed by atoms with van der Waals surface area (Å²) in [4.78, 5) is 16.4. The third-order valence-electron chi connectivity index (χ3n) is 3.70. The minimum absolute atomic E-state index is 0. The fourth-order valence-corrected chi connectivity index (χ4v) is 3.30. The van der Waals surface area contributed by atoms with Crippen molar-refractivity contribution < 1.29 is 9.18 Å². The zero-order chi connectivity index (χ0) is 14.8. The van der Waals surface area contributed by atoms with E-state index in [9.17, 15) is 9.18 Å². The molecule has 7 heteroatoms. The van der Waals surface area contributed by atoms with E-state index in [-0.39, 0.29) is 36.1 Å². The molecule has 1 fully saturated rings. The van der Waals surface area contributed by atoms with Crippen LogP contribution in [0.4, 0.5) is 9.52 Å². The average Bonchev–Trinajstić information content (AvgIpc) is 3.08. The van der Waals surface area contributed by atoms with Crippen molar-refractivity contribution >= 4 is 34.8 Å². The Morgan fingerprint density at radius 1 is 1.41 bits per heavy atom. The standard InChI is InChI=1S/C15H16FN3OS.ClH/c16-11-3-1-2-9(6-11)13-8-21-15(18-13)19-14(20)10-4-5-12(17)7-10;/h1-3,6,8,10,12H,4-5,7,17H2,(H,18,19,20);1H. The first-order chi connectivity index (χ1) is 10.1. The van der Waals surface area contributed by atoms with E-state index in [0.717, 1.165) is 19.3 Å². The Bertz CT molecular complexity index is 664. The predicted octanol–water partition coefficient (Wildman–Crippen LogP) is 3.44. The van der Waals surface area contributed by atoms with Crippen molar-refractivity contribution in [2.75, 3.05) is 5.32 Å². The fourth-order valence-electron chi connectivity index (χ4n) is 2.57. The number of benzene rings is 1. The Morgan fingerprint density at radius 3 is 2.91 bits per heavy atom. The number of halogens is 2. The molecule has 0 aliphatic heterocycles. The Kier molecular flexibility index (Phi) is 5.50. The first-order valence-corrected chi connectivity index (χ1v) is 7.77. The first kappa shape index (κ1) is 16.9. The van der Waals surface area contributed by atoms with Crippen LogP contribution in [0.1, 0.15) is 19.3 Å². The van der Waals surface area contributed by atoms with Crippen molar-refractivity contribution in [1.82, 2.24) is 4.98 Å². The summed E-state index contributed by atoms with van der Waals surface area (Å²) in [7, 11) is 0. The highest BCUT2D eigenvalue weighted by atomic mass is 35.5. The maximum Gasteiger partial charge on any atom is 0.229 e. The lowest BCUT2D eigenvalue weighted by Gasteiger charge is -2.08. The van der Waals surface area contributed by atoms with Gasteiger partial charge in [0, 0.05) is 22.9 Å². The SMILES string of the molecule is Cl.NC1CCC(C(=O)Nc2nc(-c3cccc(F)c3)cs2)C1. The minimum atomic E-state index is -0.300. The molecule has 118 valence electrons. The van der Waals surface area contributed by atoms with Gasteiger partial charge in [0.15, 0.2) is 5.13 Å². The number of carbonyl (C=O) groups excluding carboxylic acids is 1. The summed E-state index contributed by atoms with van der Waals surface area (Å²) >= 11 is 1.34. The van der Waals surface area contributed by atoms with Crippen molar-refractivity contribution in [3.8, 4) is 11.3 Å². The number of anilines is 1. The molecule has 1 amide bonds. The lowest BCUT2D eigenvalue weighted by atomic mass is 10.1. The molecule has 2 aromatic rings. The fraction of sp³-hybridized carbons (Fsp3) is 0.333. The van der Waals surface area contributed by atoms with Crippen LogP contribution >= 0.6 is 23.7 Å². The number of nitrogens with one attached hydrogen (secondary N) is 1. The molecule has 0 bridgehead atoms. The highest BCUT2D eigenvalue weighted by Crippen LogP contribution is 2.28. The summed E-state index contributed by atoms with van der Waals surface area (Å²) in [5, 5.41) is 5.18. The second-order valence-corrected chi connectivity index (χ2v) is 6.17. The number of hydrogen-bond donors (Lipinski definition) is 2. The van der Waals surface area contributed by atoms with Crippen LogP contribution < -0.4 is 11.1 Å². The third kappa shape index (κ3) is 3.82. The number of amides is 1. The molecule has 1 aromatic carbocycles. The summed E-state index contributed by atoms with van der Waals surface area (Å²) in [5.41, 5.74) is 7.19. The molecule has 1 aliphatic carbocycles. The molecule has 0 saturated heterocycles. The summed E-state index contributed by atoms with van der Waals surface area (Å²) in [6.07, 6.45) is 2.45. The normalized spacial score (nSPS) is 20.5. The summed E-state index contributed by atoms with van der Waals surface area (Å²) in [6.45, 7) is 0. The molecule has 1 aliphatic rings. The van der Waals surface area contributed by atoms with Gasteiger partial charge in [0.25, 0.3) is 0 Å². The van der Waals surface area contributed by atoms with Crippen molar-refractivity contribution in [1.29, 1.82) is 0 Å². The van der Waals surface area contributed by atoms with Crippen molar-refractivity contribution in [2.45, 2.75) is 25.3 Å². The van der Waals surface area contributed by atoms with E-state index in [2.05, 4.69) is 10.3 Å². The number of carbonyl (C=O) groups is 1. The summed E-state index contributed by atoms with van der Waals surface area (Å²) in [5.74, 6) is -0.351. The zero-order valence-corrected chi connectivity index (χ0v) is 13.4. The molecular formula is C15H17ClFN3OS. The van der Waals surface area contributed by atoms with Gasteiger partial charge in [-0.1, -0.05) is 12.1 Å². The second-order valence-electron chi connectivity index (χ2n) is 5.31. The molecule has 2 unspecified atom stereocenters. The van der Waals surface area contributed by atoms with E-state index in [0.29, 0.717) is 16.4 Å². The van der Waals surface area contributed by atoms with Gasteiger partial charge >= 0.3 is 0 Å². The van der Waals surface area contributed by atoms with Gasteiger partial charge < -0.3 is 11.1 Å². The molecule has 1 heterocycles. The minimum Gasteiger partial charge on any atom is -0.328 e. The zero-order valence-electron chi connectivity index (χ0n) is 11.8. The van der Waals surface area contributed by atoms with Crippen molar-refractivity contribution in [3.05, 3.63) is 35.5 Å². The van der Waals surface area contributed by atoms with E-state index < -0.39 is 0 Å². The van der Waals surface area contributed by atoms with Crippen molar-refractivity contribution in [2.24, 2.45) is 11.7 Å². The number of nitrogens with zero attached hydrogens (tertiary/aromatic N) is 1. The number of aromatic nitrogens is 1. The van der Waals surface area contributed by atoms with Crippen LogP contribution in [0.2, 0.25) is 0 Å². The van der Waals surface area contributed by atoms with E-state index in [1.165, 1.54) is 23.5 Å². The van der Waals surface area contributed by atoms with E-state index in [1.807, 2.05) is 5.38 Å². The molecule has 2 atom stereocenters. The highest BCUT2D eigenvalue weighted by Gasteiger charge is 2.28. The van der Waals surface area contributed by atoms with Crippen LogP contribution in [0.3, 0.4) is 0 Å². The molecule has 1 aromatic heterocycles. The molecule has 4 nitrogen and oxygen atoms in total. The smallest absolute Gasteiger partial charge is 0.229 e. The Hall–Kier alpha value is -1.50. The quantitative estimate of drug-likeness (QED) is 0.898. The molecular weight excluding hydrogens is 325 g/mol. The van der Waals surface area contributed by atoms with Crippen LogP contribution in [-0.2, 0) is 4.79 Å². The van der Waals surface area contributed by atoms with Gasteiger partial charge in [0.2, 0.25) is 5.91 Å². The monoisotopic (exact) mass is 341 g/mol. The number of thiazole rings is 1. The van der Waals surface area contributed by atoms with Crippen LogP contribution in [0.25, 0.3) is 11.3 Å². The van der Waals surface area contributed by atoms with Gasteiger partial charge in [0.05, 0.1) is 5.69 Å². The predicted molar refractivity (Wildman–Crippen MR) is 88.7 cm³/mol. The number of hydrogen-bond acceptors (Lipinski definition) is 4. The Morgan fingerprint density at radius 2 is 2.23 bits per heavy atom. The van der Waals surface area contributed by atoms with Crippen LogP contribution in [0, 0.1) is 11.7 Å². The summed E-state index contributed by atoms with van der Waals surface area (Å²) < 4.78 is 13.2. The molecule has 0 spiro atoms. The molecule has 3 N–H and O–H groups in total. The molecule has 3 rings (SSSR count). The third-order valence-corrected chi connectivity index (χ3v) is 4.46. The van der Waals surface area contributed by atoms with Gasteiger partial charge in [-0.3, -0.25) is 4.79 Å².